The highest BCUT2D eigenvalue weighted by Crippen LogP contribution is 2.43. The second-order valence-corrected chi connectivity index (χ2v) is 7.42. The van der Waals surface area contributed by atoms with Crippen LogP contribution in [0.25, 0.3) is 0 Å². The number of nitrogens with zero attached hydrogens (tertiary/aromatic N) is 1. The summed E-state index contributed by atoms with van der Waals surface area (Å²) >= 11 is 2.11. The van der Waals surface area contributed by atoms with E-state index in [-0.39, 0.29) is 0 Å². The molecule has 3 heteroatoms. The molecule has 100 valence electrons. The first-order chi connectivity index (χ1) is 8.11. The third-order valence-electron chi connectivity index (χ3n) is 4.77. The van der Waals surface area contributed by atoms with Gasteiger partial charge in [0.05, 0.1) is 0 Å². The minimum absolute atomic E-state index is 0.333. The van der Waals surface area contributed by atoms with Crippen LogP contribution in [0.3, 0.4) is 0 Å². The van der Waals surface area contributed by atoms with E-state index in [4.69, 9.17) is 0 Å². The molecule has 0 aromatic carbocycles. The van der Waals surface area contributed by atoms with Crippen molar-refractivity contribution < 1.29 is 0 Å². The molecule has 1 aliphatic heterocycles. The van der Waals surface area contributed by atoms with Crippen LogP contribution in [-0.2, 0) is 0 Å². The number of hydrogen-bond acceptors (Lipinski definition) is 3. The summed E-state index contributed by atoms with van der Waals surface area (Å²) in [6, 6.07) is 0. The largest absolute Gasteiger partial charge is 0.310 e. The fraction of sp³-hybridized carbons (Fsp3) is 1.00. The highest BCUT2D eigenvalue weighted by molar-refractivity contribution is 8.00. The summed E-state index contributed by atoms with van der Waals surface area (Å²) in [4.78, 5) is 2.72. The Labute approximate surface area is 111 Å². The van der Waals surface area contributed by atoms with Gasteiger partial charge in [-0.2, -0.15) is 11.8 Å². The number of thioether (sulfide) groups is 1. The highest BCUT2D eigenvalue weighted by Gasteiger charge is 2.39. The van der Waals surface area contributed by atoms with E-state index in [9.17, 15) is 0 Å². The van der Waals surface area contributed by atoms with E-state index in [1.165, 1.54) is 58.3 Å². The lowest BCUT2D eigenvalue weighted by Gasteiger charge is -2.45. The van der Waals surface area contributed by atoms with Crippen molar-refractivity contribution in [2.45, 2.75) is 56.2 Å². The van der Waals surface area contributed by atoms with Crippen molar-refractivity contribution in [2.75, 3.05) is 32.4 Å². The smallest absolute Gasteiger partial charge is 0.0284 e. The Balaban J connectivity index is 1.95. The molecule has 2 nitrogen and oxygen atoms in total. The zero-order valence-electron chi connectivity index (χ0n) is 11.7. The normalized spacial score (nSPS) is 34.1. The molecule has 2 rings (SSSR count). The van der Waals surface area contributed by atoms with Crippen molar-refractivity contribution in [1.82, 2.24) is 10.2 Å². The number of nitrogens with one attached hydrogen (secondary N) is 1. The van der Waals surface area contributed by atoms with Gasteiger partial charge in [0.25, 0.3) is 0 Å². The lowest BCUT2D eigenvalue weighted by molar-refractivity contribution is 0.170. The standard InChI is InChI=1S/C14H28N2S/c1-4-13(2)11-16(10-6-9-15-13)12-14(17-3)7-5-8-14/h15H,4-12H2,1-3H3. The van der Waals surface area contributed by atoms with Crippen LogP contribution in [0.1, 0.15) is 46.0 Å². The fourth-order valence-electron chi connectivity index (χ4n) is 3.10. The van der Waals surface area contributed by atoms with E-state index < -0.39 is 0 Å². The maximum absolute atomic E-state index is 3.73. The van der Waals surface area contributed by atoms with E-state index >= 15 is 0 Å². The molecule has 1 saturated heterocycles. The molecular weight excluding hydrogens is 228 g/mol. The third-order valence-corrected chi connectivity index (χ3v) is 6.17. The highest BCUT2D eigenvalue weighted by atomic mass is 32.2. The zero-order valence-corrected chi connectivity index (χ0v) is 12.5. The van der Waals surface area contributed by atoms with Crippen molar-refractivity contribution in [3.8, 4) is 0 Å². The summed E-state index contributed by atoms with van der Waals surface area (Å²) in [6.07, 6.45) is 9.14. The van der Waals surface area contributed by atoms with Gasteiger partial charge in [-0.1, -0.05) is 13.3 Å². The van der Waals surface area contributed by atoms with Gasteiger partial charge >= 0.3 is 0 Å². The van der Waals surface area contributed by atoms with Gasteiger partial charge in [-0.15, -0.1) is 0 Å². The van der Waals surface area contributed by atoms with Crippen molar-refractivity contribution >= 4 is 11.8 Å². The first-order valence-electron chi connectivity index (χ1n) is 7.14. The fourth-order valence-corrected chi connectivity index (χ4v) is 4.11. The van der Waals surface area contributed by atoms with E-state index in [0.717, 1.165) is 0 Å². The maximum atomic E-state index is 3.73. The Morgan fingerprint density at radius 2 is 2.06 bits per heavy atom. The molecule has 1 unspecified atom stereocenters. The van der Waals surface area contributed by atoms with Crippen LogP contribution in [0.4, 0.5) is 0 Å². The molecule has 1 aliphatic carbocycles. The van der Waals surface area contributed by atoms with Crippen LogP contribution in [0.5, 0.6) is 0 Å². The monoisotopic (exact) mass is 256 g/mol. The molecule has 0 aromatic heterocycles. The topological polar surface area (TPSA) is 15.3 Å². The molecule has 17 heavy (non-hydrogen) atoms. The predicted octanol–water partition coefficient (Wildman–Crippen LogP) is 2.74. The summed E-state index contributed by atoms with van der Waals surface area (Å²) < 4.78 is 0.596. The molecular formula is C14H28N2S. The zero-order chi connectivity index (χ0) is 12.4. The molecule has 0 amide bonds. The molecule has 0 bridgehead atoms. The molecule has 1 N–H and O–H groups in total. The minimum atomic E-state index is 0.333. The number of hydrogen-bond donors (Lipinski definition) is 1. The van der Waals surface area contributed by atoms with Crippen molar-refractivity contribution in [2.24, 2.45) is 0 Å². The van der Waals surface area contributed by atoms with Crippen molar-refractivity contribution in [1.29, 1.82) is 0 Å². The second kappa shape index (κ2) is 5.50. The van der Waals surface area contributed by atoms with Gasteiger partial charge in [0.1, 0.15) is 0 Å². The summed E-state index contributed by atoms with van der Waals surface area (Å²) in [5.74, 6) is 0. The first-order valence-corrected chi connectivity index (χ1v) is 8.36. The third kappa shape index (κ3) is 3.18. The van der Waals surface area contributed by atoms with E-state index in [0.29, 0.717) is 10.3 Å². The van der Waals surface area contributed by atoms with Gasteiger partial charge in [0.15, 0.2) is 0 Å². The van der Waals surface area contributed by atoms with Crippen molar-refractivity contribution in [3.05, 3.63) is 0 Å². The summed E-state index contributed by atoms with van der Waals surface area (Å²) in [5, 5.41) is 3.73. The van der Waals surface area contributed by atoms with Crippen LogP contribution in [0, 0.1) is 0 Å². The predicted molar refractivity (Wildman–Crippen MR) is 77.9 cm³/mol. The van der Waals surface area contributed by atoms with Gasteiger partial charge in [-0.05, 0) is 52.0 Å². The average Bonchev–Trinajstić information content (AvgIpc) is 2.46. The molecule has 1 atom stereocenters. The molecule has 2 fully saturated rings. The number of rotatable bonds is 4. The van der Waals surface area contributed by atoms with Gasteiger partial charge in [-0.25, -0.2) is 0 Å². The van der Waals surface area contributed by atoms with Crippen LogP contribution < -0.4 is 5.32 Å². The lowest BCUT2D eigenvalue weighted by atomic mass is 9.83. The SMILES string of the molecule is CCC1(C)CN(CC2(SC)CCC2)CCCN1. The van der Waals surface area contributed by atoms with E-state index in [2.05, 4.69) is 42.1 Å². The summed E-state index contributed by atoms with van der Waals surface area (Å²) in [6.45, 7) is 9.71. The Hall–Kier alpha value is 0.270. The molecule has 0 spiro atoms. The average molecular weight is 256 g/mol. The Morgan fingerprint density at radius 3 is 2.59 bits per heavy atom. The molecule has 1 heterocycles. The minimum Gasteiger partial charge on any atom is -0.310 e. The van der Waals surface area contributed by atoms with Gasteiger partial charge in [0, 0.05) is 23.4 Å². The maximum Gasteiger partial charge on any atom is 0.0284 e. The molecule has 2 aliphatic rings. The van der Waals surface area contributed by atoms with Crippen LogP contribution in [-0.4, -0.2) is 47.6 Å². The van der Waals surface area contributed by atoms with Crippen molar-refractivity contribution in [3.63, 3.8) is 0 Å². The Morgan fingerprint density at radius 1 is 1.29 bits per heavy atom. The second-order valence-electron chi connectivity index (χ2n) is 6.15. The Kier molecular flexibility index (Phi) is 4.43. The molecule has 0 radical (unpaired) electrons. The Bertz CT molecular complexity index is 247. The first kappa shape index (κ1) is 13.7. The van der Waals surface area contributed by atoms with Crippen LogP contribution in [0.15, 0.2) is 0 Å². The quantitative estimate of drug-likeness (QED) is 0.832. The summed E-state index contributed by atoms with van der Waals surface area (Å²) in [7, 11) is 0. The van der Waals surface area contributed by atoms with Crippen LogP contribution >= 0.6 is 11.8 Å². The van der Waals surface area contributed by atoms with Gasteiger partial charge in [0.2, 0.25) is 0 Å². The van der Waals surface area contributed by atoms with E-state index in [1.54, 1.807) is 0 Å². The lowest BCUT2D eigenvalue weighted by Crippen LogP contribution is -2.52. The van der Waals surface area contributed by atoms with Gasteiger partial charge < -0.3 is 10.2 Å². The van der Waals surface area contributed by atoms with E-state index in [1.807, 2.05) is 0 Å². The van der Waals surface area contributed by atoms with Gasteiger partial charge in [-0.3, -0.25) is 0 Å². The summed E-state index contributed by atoms with van der Waals surface area (Å²) in [5.41, 5.74) is 0.333. The molecule has 1 saturated carbocycles. The van der Waals surface area contributed by atoms with Crippen LogP contribution in [0.2, 0.25) is 0 Å². The molecule has 0 aromatic rings.